The number of aryl methyl sites for hydroxylation is 1. The zero-order valence-electron chi connectivity index (χ0n) is 14.3. The van der Waals surface area contributed by atoms with Crippen LogP contribution in [0.1, 0.15) is 32.3 Å². The Bertz CT molecular complexity index is 525. The van der Waals surface area contributed by atoms with Crippen molar-refractivity contribution in [2.45, 2.75) is 45.3 Å². The summed E-state index contributed by atoms with van der Waals surface area (Å²) < 4.78 is 5.61. The predicted molar refractivity (Wildman–Crippen MR) is 90.6 cm³/mol. The van der Waals surface area contributed by atoms with Crippen LogP contribution in [-0.4, -0.2) is 53.8 Å². The summed E-state index contributed by atoms with van der Waals surface area (Å²) in [6.07, 6.45) is 1.96. The minimum atomic E-state index is -0.773. The van der Waals surface area contributed by atoms with Gasteiger partial charge in [-0.3, -0.25) is 9.69 Å². The maximum atomic E-state index is 12.0. The van der Waals surface area contributed by atoms with Gasteiger partial charge in [0.2, 0.25) is 5.91 Å². The van der Waals surface area contributed by atoms with E-state index in [1.54, 1.807) is 0 Å². The SMILES string of the molecule is Cc1cccc(OCCNC(=O)CN2CCCC2C(C)(C)O)c1. The predicted octanol–water partition coefficient (Wildman–Crippen LogP) is 1.73. The quantitative estimate of drug-likeness (QED) is 0.751. The molecular weight excluding hydrogens is 292 g/mol. The van der Waals surface area contributed by atoms with E-state index in [9.17, 15) is 9.90 Å². The molecule has 1 amide bonds. The summed E-state index contributed by atoms with van der Waals surface area (Å²) in [5, 5.41) is 13.0. The van der Waals surface area contributed by atoms with Crippen LogP contribution in [0.3, 0.4) is 0 Å². The van der Waals surface area contributed by atoms with Gasteiger partial charge in [-0.1, -0.05) is 12.1 Å². The molecule has 0 saturated carbocycles. The summed E-state index contributed by atoms with van der Waals surface area (Å²) in [5.41, 5.74) is 0.378. The van der Waals surface area contributed by atoms with E-state index in [4.69, 9.17) is 4.74 Å². The summed E-state index contributed by atoms with van der Waals surface area (Å²) in [7, 11) is 0. The van der Waals surface area contributed by atoms with E-state index in [0.29, 0.717) is 19.7 Å². The third kappa shape index (κ3) is 5.52. The number of amides is 1. The minimum Gasteiger partial charge on any atom is -0.492 e. The van der Waals surface area contributed by atoms with E-state index < -0.39 is 5.60 Å². The molecule has 1 aromatic carbocycles. The number of hydrogen-bond donors (Lipinski definition) is 2. The Morgan fingerprint density at radius 3 is 2.96 bits per heavy atom. The first-order valence-electron chi connectivity index (χ1n) is 8.29. The molecule has 1 heterocycles. The highest BCUT2D eigenvalue weighted by Gasteiger charge is 2.36. The normalized spacial score (nSPS) is 18.9. The Hall–Kier alpha value is -1.59. The van der Waals surface area contributed by atoms with Crippen LogP contribution in [0.2, 0.25) is 0 Å². The second kappa shape index (κ2) is 7.79. The fourth-order valence-electron chi connectivity index (χ4n) is 3.12. The average Bonchev–Trinajstić information content (AvgIpc) is 2.92. The standard InChI is InChI=1S/C18H28N2O3/c1-14-6-4-7-15(12-14)23-11-9-19-17(21)13-20-10-5-8-16(20)18(2,3)22/h4,6-7,12,16,22H,5,8-11,13H2,1-3H3,(H,19,21). The van der Waals surface area contributed by atoms with E-state index in [1.165, 1.54) is 0 Å². The number of carbonyl (C=O) groups excluding carboxylic acids is 1. The maximum absolute atomic E-state index is 12.0. The monoisotopic (exact) mass is 320 g/mol. The first kappa shape index (κ1) is 17.8. The Kier molecular flexibility index (Phi) is 6.02. The topological polar surface area (TPSA) is 61.8 Å². The van der Waals surface area contributed by atoms with Gasteiger partial charge in [-0.15, -0.1) is 0 Å². The summed E-state index contributed by atoms with van der Waals surface area (Å²) in [6, 6.07) is 7.90. The molecule has 0 spiro atoms. The fraction of sp³-hybridized carbons (Fsp3) is 0.611. The first-order chi connectivity index (χ1) is 10.9. The van der Waals surface area contributed by atoms with Crippen LogP contribution in [0.15, 0.2) is 24.3 Å². The molecule has 1 unspecified atom stereocenters. The second-order valence-electron chi connectivity index (χ2n) is 6.80. The van der Waals surface area contributed by atoms with Crippen molar-refractivity contribution in [3.8, 4) is 5.75 Å². The Morgan fingerprint density at radius 2 is 2.26 bits per heavy atom. The molecule has 5 heteroatoms. The molecule has 1 aliphatic rings. The number of hydrogen-bond acceptors (Lipinski definition) is 4. The largest absolute Gasteiger partial charge is 0.492 e. The molecule has 0 bridgehead atoms. The van der Waals surface area contributed by atoms with Crippen LogP contribution >= 0.6 is 0 Å². The maximum Gasteiger partial charge on any atom is 0.234 e. The van der Waals surface area contributed by atoms with Crippen molar-refractivity contribution in [2.24, 2.45) is 0 Å². The number of benzene rings is 1. The van der Waals surface area contributed by atoms with Crippen LogP contribution in [0.25, 0.3) is 0 Å². The van der Waals surface area contributed by atoms with Crippen LogP contribution in [-0.2, 0) is 4.79 Å². The number of likely N-dealkylation sites (tertiary alicyclic amines) is 1. The van der Waals surface area contributed by atoms with E-state index in [0.717, 1.165) is 30.7 Å². The van der Waals surface area contributed by atoms with Crippen molar-refractivity contribution in [2.75, 3.05) is 26.2 Å². The van der Waals surface area contributed by atoms with Crippen molar-refractivity contribution in [3.63, 3.8) is 0 Å². The fourth-order valence-corrected chi connectivity index (χ4v) is 3.12. The minimum absolute atomic E-state index is 0.0195. The molecule has 1 aliphatic heterocycles. The van der Waals surface area contributed by atoms with Crippen molar-refractivity contribution in [1.82, 2.24) is 10.2 Å². The molecule has 0 aliphatic carbocycles. The summed E-state index contributed by atoms with van der Waals surface area (Å²) in [4.78, 5) is 14.1. The van der Waals surface area contributed by atoms with Gasteiger partial charge in [0.25, 0.3) is 0 Å². The van der Waals surface area contributed by atoms with Crippen LogP contribution in [0.4, 0.5) is 0 Å². The molecule has 23 heavy (non-hydrogen) atoms. The summed E-state index contributed by atoms with van der Waals surface area (Å²) >= 11 is 0. The molecular formula is C18H28N2O3. The molecule has 5 nitrogen and oxygen atoms in total. The lowest BCUT2D eigenvalue weighted by Gasteiger charge is -2.33. The zero-order valence-corrected chi connectivity index (χ0v) is 14.3. The van der Waals surface area contributed by atoms with Gasteiger partial charge in [0, 0.05) is 6.04 Å². The average molecular weight is 320 g/mol. The molecule has 0 radical (unpaired) electrons. The third-order valence-electron chi connectivity index (χ3n) is 4.21. The van der Waals surface area contributed by atoms with Crippen molar-refractivity contribution < 1.29 is 14.6 Å². The lowest BCUT2D eigenvalue weighted by molar-refractivity contribution is -0.123. The van der Waals surface area contributed by atoms with E-state index in [2.05, 4.69) is 10.2 Å². The van der Waals surface area contributed by atoms with Gasteiger partial charge in [-0.25, -0.2) is 0 Å². The van der Waals surface area contributed by atoms with Crippen LogP contribution in [0.5, 0.6) is 5.75 Å². The number of rotatable bonds is 7. The van der Waals surface area contributed by atoms with Crippen molar-refractivity contribution in [3.05, 3.63) is 29.8 Å². The smallest absolute Gasteiger partial charge is 0.234 e. The molecule has 0 aromatic heterocycles. The van der Waals surface area contributed by atoms with Gasteiger partial charge in [0.15, 0.2) is 0 Å². The Labute approximate surface area is 138 Å². The van der Waals surface area contributed by atoms with Gasteiger partial charge >= 0.3 is 0 Å². The zero-order chi connectivity index (χ0) is 16.9. The van der Waals surface area contributed by atoms with Gasteiger partial charge < -0.3 is 15.2 Å². The number of ether oxygens (including phenoxy) is 1. The molecule has 1 atom stereocenters. The molecule has 2 rings (SSSR count). The van der Waals surface area contributed by atoms with Gasteiger partial charge in [0.1, 0.15) is 12.4 Å². The van der Waals surface area contributed by atoms with Gasteiger partial charge in [-0.2, -0.15) is 0 Å². The highest BCUT2D eigenvalue weighted by Crippen LogP contribution is 2.26. The Morgan fingerprint density at radius 1 is 1.48 bits per heavy atom. The van der Waals surface area contributed by atoms with E-state index >= 15 is 0 Å². The molecule has 1 fully saturated rings. The number of aliphatic hydroxyl groups is 1. The Balaban J connectivity index is 1.69. The third-order valence-corrected chi connectivity index (χ3v) is 4.21. The van der Waals surface area contributed by atoms with Gasteiger partial charge in [-0.05, 0) is 57.9 Å². The molecule has 2 N–H and O–H groups in total. The van der Waals surface area contributed by atoms with Crippen molar-refractivity contribution >= 4 is 5.91 Å². The lowest BCUT2D eigenvalue weighted by Crippen LogP contribution is -2.49. The molecule has 1 aromatic rings. The first-order valence-corrected chi connectivity index (χ1v) is 8.29. The van der Waals surface area contributed by atoms with Gasteiger partial charge in [0.05, 0.1) is 18.7 Å². The molecule has 1 saturated heterocycles. The van der Waals surface area contributed by atoms with E-state index in [1.807, 2.05) is 45.0 Å². The number of nitrogens with one attached hydrogen (secondary N) is 1. The van der Waals surface area contributed by atoms with E-state index in [-0.39, 0.29) is 11.9 Å². The highest BCUT2D eigenvalue weighted by atomic mass is 16.5. The molecule has 128 valence electrons. The van der Waals surface area contributed by atoms with Crippen molar-refractivity contribution in [1.29, 1.82) is 0 Å². The van der Waals surface area contributed by atoms with Crippen LogP contribution < -0.4 is 10.1 Å². The highest BCUT2D eigenvalue weighted by molar-refractivity contribution is 5.78. The second-order valence-corrected chi connectivity index (χ2v) is 6.80. The summed E-state index contributed by atoms with van der Waals surface area (Å²) in [5.74, 6) is 0.801. The van der Waals surface area contributed by atoms with Crippen LogP contribution in [0, 0.1) is 6.92 Å². The number of nitrogens with zero attached hydrogens (tertiary/aromatic N) is 1. The summed E-state index contributed by atoms with van der Waals surface area (Å²) in [6.45, 7) is 7.76. The lowest BCUT2D eigenvalue weighted by atomic mass is 9.97. The number of carbonyl (C=O) groups is 1.